The second-order valence-corrected chi connectivity index (χ2v) is 9.68. The number of hydrogen-bond acceptors (Lipinski definition) is 7. The Bertz CT molecular complexity index is 1380. The second-order valence-electron chi connectivity index (χ2n) is 9.68. The third kappa shape index (κ3) is 7.22. The van der Waals surface area contributed by atoms with Gasteiger partial charge in [-0.1, -0.05) is 53.7 Å². The maximum atomic E-state index is 10.7. The van der Waals surface area contributed by atoms with Crippen molar-refractivity contribution in [3.8, 4) is 22.6 Å². The molecular weight excluding hydrogens is 494 g/mol. The number of aliphatic carboxylic acids is 1. The lowest BCUT2D eigenvalue weighted by Gasteiger charge is -2.34. The molecule has 0 bridgehead atoms. The van der Waals surface area contributed by atoms with Crippen LogP contribution in [0.5, 0.6) is 11.5 Å². The number of methoxy groups -OCH3 is 1. The molecule has 3 aromatic carbocycles. The Morgan fingerprint density at radius 2 is 1.62 bits per heavy atom. The van der Waals surface area contributed by atoms with E-state index in [1.807, 2.05) is 36.5 Å². The lowest BCUT2D eigenvalue weighted by Crippen LogP contribution is -2.45. The molecule has 0 unspecified atom stereocenters. The molecule has 1 aromatic heterocycles. The summed E-state index contributed by atoms with van der Waals surface area (Å²) in [6, 6.07) is 24.3. The van der Waals surface area contributed by atoms with Crippen molar-refractivity contribution in [3.05, 3.63) is 95.8 Å². The third-order valence-electron chi connectivity index (χ3n) is 6.85. The summed E-state index contributed by atoms with van der Waals surface area (Å²) in [6.07, 6.45) is 1.97. The van der Waals surface area contributed by atoms with Gasteiger partial charge in [-0.25, -0.2) is 9.48 Å². The van der Waals surface area contributed by atoms with Gasteiger partial charge in [-0.3, -0.25) is 9.80 Å². The average molecular weight is 528 g/mol. The van der Waals surface area contributed by atoms with Crippen LogP contribution < -0.4 is 9.47 Å². The quantitative estimate of drug-likeness (QED) is 0.315. The molecule has 1 saturated heterocycles. The average Bonchev–Trinajstić information content (AvgIpc) is 3.40. The predicted octanol–water partition coefficient (Wildman–Crippen LogP) is 3.78. The van der Waals surface area contributed by atoms with Crippen LogP contribution in [0.3, 0.4) is 0 Å². The number of rotatable bonds is 11. The molecular formula is C30H33N5O4. The minimum Gasteiger partial charge on any atom is -0.497 e. The first-order valence-corrected chi connectivity index (χ1v) is 13.1. The Morgan fingerprint density at radius 3 is 2.36 bits per heavy atom. The summed E-state index contributed by atoms with van der Waals surface area (Å²) < 4.78 is 12.4. The van der Waals surface area contributed by atoms with Gasteiger partial charge in [0.2, 0.25) is 0 Å². The van der Waals surface area contributed by atoms with Crippen molar-refractivity contribution in [1.82, 2.24) is 24.8 Å². The van der Waals surface area contributed by atoms with Crippen LogP contribution in [-0.4, -0.2) is 75.8 Å². The van der Waals surface area contributed by atoms with E-state index in [2.05, 4.69) is 56.5 Å². The standard InChI is InChI=1S/C30H33N5O4/c1-38-27-11-9-24(10-12-27)29-8-3-2-6-25(29)19-33-13-15-34(16-14-33)20-26-21-35(32-31-26)18-23-5-4-7-28(17-23)39-22-30(36)37/h2-12,17,21H,13-16,18-20,22H2,1H3,(H,36,37). The van der Waals surface area contributed by atoms with Gasteiger partial charge in [0.25, 0.3) is 0 Å². The molecule has 1 fully saturated rings. The highest BCUT2D eigenvalue weighted by atomic mass is 16.5. The first-order valence-electron chi connectivity index (χ1n) is 13.1. The fraction of sp³-hybridized carbons (Fsp3) is 0.300. The van der Waals surface area contributed by atoms with Crippen LogP contribution in [0.4, 0.5) is 0 Å². The fourth-order valence-corrected chi connectivity index (χ4v) is 4.84. The van der Waals surface area contributed by atoms with Crippen molar-refractivity contribution in [2.45, 2.75) is 19.6 Å². The van der Waals surface area contributed by atoms with Crippen molar-refractivity contribution in [2.24, 2.45) is 0 Å². The van der Waals surface area contributed by atoms with E-state index in [0.717, 1.165) is 56.3 Å². The second kappa shape index (κ2) is 12.6. The van der Waals surface area contributed by atoms with E-state index < -0.39 is 5.97 Å². The molecule has 4 aromatic rings. The Hall–Kier alpha value is -4.21. The van der Waals surface area contributed by atoms with Gasteiger partial charge in [-0.15, -0.1) is 5.10 Å². The summed E-state index contributed by atoms with van der Waals surface area (Å²) in [5, 5.41) is 17.5. The molecule has 9 nitrogen and oxygen atoms in total. The highest BCUT2D eigenvalue weighted by Gasteiger charge is 2.19. The maximum Gasteiger partial charge on any atom is 0.341 e. The summed E-state index contributed by atoms with van der Waals surface area (Å²) in [5.74, 6) is 0.393. The van der Waals surface area contributed by atoms with Crippen LogP contribution in [0.15, 0.2) is 79.0 Å². The minimum atomic E-state index is -1.000. The van der Waals surface area contributed by atoms with Gasteiger partial charge in [0.1, 0.15) is 11.5 Å². The number of hydrogen-bond donors (Lipinski definition) is 1. The van der Waals surface area contributed by atoms with Gasteiger partial charge in [0, 0.05) is 39.3 Å². The molecule has 2 heterocycles. The Kier molecular flexibility index (Phi) is 8.50. The van der Waals surface area contributed by atoms with E-state index in [0.29, 0.717) is 12.3 Å². The van der Waals surface area contributed by atoms with E-state index in [1.165, 1.54) is 16.7 Å². The summed E-state index contributed by atoms with van der Waals surface area (Å²) in [5.41, 5.74) is 5.70. The molecule has 9 heteroatoms. The zero-order chi connectivity index (χ0) is 27.0. The zero-order valence-electron chi connectivity index (χ0n) is 22.1. The summed E-state index contributed by atoms with van der Waals surface area (Å²) in [4.78, 5) is 15.7. The molecule has 0 radical (unpaired) electrons. The molecule has 1 aliphatic rings. The lowest BCUT2D eigenvalue weighted by atomic mass is 9.99. The van der Waals surface area contributed by atoms with Crippen molar-refractivity contribution in [1.29, 1.82) is 0 Å². The Morgan fingerprint density at radius 1 is 0.872 bits per heavy atom. The van der Waals surface area contributed by atoms with Crippen LogP contribution in [0, 0.1) is 0 Å². The molecule has 39 heavy (non-hydrogen) atoms. The van der Waals surface area contributed by atoms with Gasteiger partial charge < -0.3 is 14.6 Å². The van der Waals surface area contributed by atoms with E-state index >= 15 is 0 Å². The highest BCUT2D eigenvalue weighted by Crippen LogP contribution is 2.27. The van der Waals surface area contributed by atoms with Crippen molar-refractivity contribution >= 4 is 5.97 Å². The smallest absolute Gasteiger partial charge is 0.341 e. The van der Waals surface area contributed by atoms with Gasteiger partial charge in [-0.05, 0) is 46.5 Å². The normalized spacial score (nSPS) is 14.3. The highest BCUT2D eigenvalue weighted by molar-refractivity contribution is 5.68. The number of aromatic nitrogens is 3. The van der Waals surface area contributed by atoms with Crippen LogP contribution in [0.2, 0.25) is 0 Å². The lowest BCUT2D eigenvalue weighted by molar-refractivity contribution is -0.139. The summed E-state index contributed by atoms with van der Waals surface area (Å²) in [6.45, 7) is 5.79. The molecule has 0 spiro atoms. The molecule has 0 aliphatic carbocycles. The molecule has 0 saturated carbocycles. The first-order chi connectivity index (χ1) is 19.1. The zero-order valence-corrected chi connectivity index (χ0v) is 22.1. The summed E-state index contributed by atoms with van der Waals surface area (Å²) in [7, 11) is 1.69. The van der Waals surface area contributed by atoms with Gasteiger partial charge in [-0.2, -0.15) is 0 Å². The number of ether oxygens (including phenoxy) is 2. The molecule has 202 valence electrons. The molecule has 1 N–H and O–H groups in total. The number of benzene rings is 3. The number of carboxylic acids is 1. The van der Waals surface area contributed by atoms with E-state index in [9.17, 15) is 4.79 Å². The molecule has 0 atom stereocenters. The molecule has 5 rings (SSSR count). The van der Waals surface area contributed by atoms with E-state index in [-0.39, 0.29) is 6.61 Å². The topological polar surface area (TPSA) is 93.0 Å². The monoisotopic (exact) mass is 527 g/mol. The third-order valence-corrected chi connectivity index (χ3v) is 6.85. The van der Waals surface area contributed by atoms with E-state index in [1.54, 1.807) is 17.9 Å². The van der Waals surface area contributed by atoms with Crippen molar-refractivity contribution < 1.29 is 19.4 Å². The van der Waals surface area contributed by atoms with Gasteiger partial charge >= 0.3 is 5.97 Å². The Labute approximate surface area is 228 Å². The number of piperazine rings is 1. The minimum absolute atomic E-state index is 0.362. The van der Waals surface area contributed by atoms with Crippen LogP contribution in [-0.2, 0) is 24.4 Å². The first kappa shape index (κ1) is 26.4. The van der Waals surface area contributed by atoms with Crippen LogP contribution in [0.25, 0.3) is 11.1 Å². The van der Waals surface area contributed by atoms with Crippen LogP contribution in [0.1, 0.15) is 16.8 Å². The van der Waals surface area contributed by atoms with Crippen LogP contribution >= 0.6 is 0 Å². The van der Waals surface area contributed by atoms with Crippen molar-refractivity contribution in [3.63, 3.8) is 0 Å². The van der Waals surface area contributed by atoms with Crippen molar-refractivity contribution in [2.75, 3.05) is 39.9 Å². The van der Waals surface area contributed by atoms with Gasteiger partial charge in [0.05, 0.1) is 25.5 Å². The predicted molar refractivity (Wildman–Crippen MR) is 148 cm³/mol. The summed E-state index contributed by atoms with van der Waals surface area (Å²) >= 11 is 0. The van der Waals surface area contributed by atoms with Gasteiger partial charge in [0.15, 0.2) is 6.61 Å². The SMILES string of the molecule is COc1ccc(-c2ccccc2CN2CCN(Cc3cn(Cc4cccc(OCC(=O)O)c4)nn3)CC2)cc1. The molecule has 0 amide bonds. The van der Waals surface area contributed by atoms with E-state index in [4.69, 9.17) is 14.6 Å². The number of nitrogens with zero attached hydrogens (tertiary/aromatic N) is 5. The fourth-order valence-electron chi connectivity index (χ4n) is 4.84. The maximum absolute atomic E-state index is 10.7. The molecule has 1 aliphatic heterocycles. The largest absolute Gasteiger partial charge is 0.497 e. The number of carbonyl (C=O) groups is 1. The Balaban J connectivity index is 1.12. The number of carboxylic acid groups (broad SMARTS) is 1.